The molecule has 4 rings (SSSR count). The van der Waals surface area contributed by atoms with Gasteiger partial charge in [-0.15, -0.1) is 10.2 Å². The monoisotopic (exact) mass is 423 g/mol. The van der Waals surface area contributed by atoms with Gasteiger partial charge in [-0.25, -0.2) is 0 Å². The van der Waals surface area contributed by atoms with Crippen LogP contribution in [-0.4, -0.2) is 24.9 Å². The number of hydrogen-bond acceptors (Lipinski definition) is 7. The van der Waals surface area contributed by atoms with Crippen LogP contribution in [0.15, 0.2) is 56.8 Å². The molecule has 1 aromatic carbocycles. The minimum atomic E-state index is 0.101. The van der Waals surface area contributed by atoms with Gasteiger partial charge in [0.1, 0.15) is 5.76 Å². The first-order valence-corrected chi connectivity index (χ1v) is 10.9. The number of nitrogens with zero attached hydrogens (tertiary/aromatic N) is 5. The van der Waals surface area contributed by atoms with Crippen molar-refractivity contribution in [3.05, 3.63) is 65.7 Å². The van der Waals surface area contributed by atoms with Crippen LogP contribution in [0.25, 0.3) is 11.4 Å². The molecule has 0 aliphatic rings. The third kappa shape index (κ3) is 4.48. The first-order valence-electron chi connectivity index (χ1n) is 9.95. The Morgan fingerprint density at radius 3 is 2.50 bits per heavy atom. The molecule has 0 spiro atoms. The lowest BCUT2D eigenvalue weighted by atomic mass is 9.87. The van der Waals surface area contributed by atoms with Gasteiger partial charge in [0.05, 0.1) is 18.6 Å². The van der Waals surface area contributed by atoms with Crippen LogP contribution < -0.4 is 0 Å². The fourth-order valence-corrected chi connectivity index (χ4v) is 3.83. The van der Waals surface area contributed by atoms with E-state index in [2.05, 4.69) is 69.9 Å². The van der Waals surface area contributed by atoms with Gasteiger partial charge in [-0.1, -0.05) is 68.9 Å². The smallest absolute Gasteiger partial charge is 0.226 e. The van der Waals surface area contributed by atoms with Crippen LogP contribution in [0.3, 0.4) is 0 Å². The van der Waals surface area contributed by atoms with E-state index in [1.807, 2.05) is 19.1 Å². The van der Waals surface area contributed by atoms with E-state index in [0.29, 0.717) is 24.0 Å². The lowest BCUT2D eigenvalue weighted by Crippen LogP contribution is -2.10. The van der Waals surface area contributed by atoms with Crippen LogP contribution in [0.4, 0.5) is 0 Å². The Hall–Kier alpha value is -2.87. The highest BCUT2D eigenvalue weighted by Gasteiger charge is 2.18. The van der Waals surface area contributed by atoms with E-state index in [4.69, 9.17) is 8.94 Å². The van der Waals surface area contributed by atoms with E-state index in [-0.39, 0.29) is 5.41 Å². The van der Waals surface area contributed by atoms with E-state index >= 15 is 0 Å². The van der Waals surface area contributed by atoms with Gasteiger partial charge in [0.2, 0.25) is 5.89 Å². The summed E-state index contributed by atoms with van der Waals surface area (Å²) in [5, 5.41) is 13.7. The van der Waals surface area contributed by atoms with Gasteiger partial charge in [-0.2, -0.15) is 4.98 Å². The highest BCUT2D eigenvalue weighted by atomic mass is 32.2. The fraction of sp³-hybridized carbons (Fsp3) is 0.364. The van der Waals surface area contributed by atoms with E-state index in [9.17, 15) is 0 Å². The average molecular weight is 424 g/mol. The Morgan fingerprint density at radius 1 is 1.07 bits per heavy atom. The SMILES string of the molecule is CCc1nc(CSc2nnc(-c3ccc(C(C)(C)C)cc3)n2Cc2ccco2)no1. The largest absolute Gasteiger partial charge is 0.467 e. The molecule has 4 aromatic rings. The maximum absolute atomic E-state index is 5.57. The topological polar surface area (TPSA) is 82.8 Å². The lowest BCUT2D eigenvalue weighted by Gasteiger charge is -2.19. The Labute approximate surface area is 179 Å². The van der Waals surface area contributed by atoms with Crippen LogP contribution in [0, 0.1) is 0 Å². The standard InChI is InChI=1S/C22H25N5O2S/c1-5-19-23-18(26-29-19)14-30-21-25-24-20(27(21)13-17-7-6-12-28-17)15-8-10-16(11-9-15)22(2,3)4/h6-12H,5,13-14H2,1-4H3. The second-order valence-corrected chi connectivity index (χ2v) is 8.99. The second-order valence-electron chi connectivity index (χ2n) is 8.05. The normalized spacial score (nSPS) is 11.9. The van der Waals surface area contributed by atoms with Crippen molar-refractivity contribution in [2.45, 2.75) is 57.0 Å². The van der Waals surface area contributed by atoms with Gasteiger partial charge in [0, 0.05) is 12.0 Å². The number of rotatable bonds is 7. The molecule has 0 aliphatic carbocycles. The van der Waals surface area contributed by atoms with Crippen LogP contribution in [0.2, 0.25) is 0 Å². The summed E-state index contributed by atoms with van der Waals surface area (Å²) in [7, 11) is 0. The Bertz CT molecular complexity index is 1090. The predicted octanol–water partition coefficient (Wildman–Crippen LogP) is 5.12. The number of aromatic nitrogens is 5. The molecular formula is C22H25N5O2S. The van der Waals surface area contributed by atoms with Crippen molar-refractivity contribution in [1.29, 1.82) is 0 Å². The second kappa shape index (κ2) is 8.47. The summed E-state index contributed by atoms with van der Waals surface area (Å²) in [6, 6.07) is 12.3. The summed E-state index contributed by atoms with van der Waals surface area (Å²) in [5.74, 6) is 3.50. The molecule has 3 aromatic heterocycles. The zero-order chi connectivity index (χ0) is 21.1. The molecule has 0 bridgehead atoms. The van der Waals surface area contributed by atoms with Crippen molar-refractivity contribution in [2.75, 3.05) is 0 Å². The van der Waals surface area contributed by atoms with Crippen molar-refractivity contribution < 1.29 is 8.94 Å². The molecule has 0 atom stereocenters. The van der Waals surface area contributed by atoms with Crippen molar-refractivity contribution in [2.24, 2.45) is 0 Å². The zero-order valence-corrected chi connectivity index (χ0v) is 18.4. The molecule has 0 amide bonds. The molecule has 8 heteroatoms. The van der Waals surface area contributed by atoms with Crippen LogP contribution in [-0.2, 0) is 24.1 Å². The minimum absolute atomic E-state index is 0.101. The molecule has 0 saturated carbocycles. The van der Waals surface area contributed by atoms with E-state index < -0.39 is 0 Å². The van der Waals surface area contributed by atoms with Crippen molar-refractivity contribution in [1.82, 2.24) is 24.9 Å². The molecule has 156 valence electrons. The summed E-state index contributed by atoms with van der Waals surface area (Å²) in [6.07, 6.45) is 2.40. The van der Waals surface area contributed by atoms with E-state index in [0.717, 1.165) is 28.7 Å². The Kier molecular flexibility index (Phi) is 5.76. The average Bonchev–Trinajstić information content (AvgIpc) is 3.48. The molecular weight excluding hydrogens is 398 g/mol. The maximum atomic E-state index is 5.57. The van der Waals surface area contributed by atoms with Gasteiger partial charge in [-0.3, -0.25) is 4.57 Å². The molecule has 7 nitrogen and oxygen atoms in total. The van der Waals surface area contributed by atoms with Gasteiger partial charge in [0.15, 0.2) is 16.8 Å². The van der Waals surface area contributed by atoms with Crippen molar-refractivity contribution in [3.63, 3.8) is 0 Å². The number of hydrogen-bond donors (Lipinski definition) is 0. The molecule has 0 fully saturated rings. The van der Waals surface area contributed by atoms with Gasteiger partial charge in [-0.05, 0) is 23.1 Å². The highest BCUT2D eigenvalue weighted by Crippen LogP contribution is 2.29. The first kappa shape index (κ1) is 20.4. The van der Waals surface area contributed by atoms with Gasteiger partial charge in [0.25, 0.3) is 0 Å². The minimum Gasteiger partial charge on any atom is -0.467 e. The fourth-order valence-electron chi connectivity index (χ4n) is 3.05. The molecule has 0 N–H and O–H groups in total. The van der Waals surface area contributed by atoms with E-state index in [1.54, 1.807) is 6.26 Å². The summed E-state index contributed by atoms with van der Waals surface area (Å²) in [4.78, 5) is 4.37. The first-order chi connectivity index (χ1) is 14.4. The highest BCUT2D eigenvalue weighted by molar-refractivity contribution is 7.98. The molecule has 0 saturated heterocycles. The summed E-state index contributed by atoms with van der Waals surface area (Å²) in [5.41, 5.74) is 2.40. The molecule has 0 unspecified atom stereocenters. The Morgan fingerprint density at radius 2 is 1.87 bits per heavy atom. The summed E-state index contributed by atoms with van der Waals surface area (Å²) in [6.45, 7) is 9.15. The summed E-state index contributed by atoms with van der Waals surface area (Å²) < 4.78 is 12.8. The third-order valence-corrected chi connectivity index (χ3v) is 5.73. The summed E-state index contributed by atoms with van der Waals surface area (Å²) >= 11 is 1.53. The number of furan rings is 1. The predicted molar refractivity (Wildman–Crippen MR) is 115 cm³/mol. The van der Waals surface area contributed by atoms with E-state index in [1.165, 1.54) is 17.3 Å². The van der Waals surface area contributed by atoms with Crippen molar-refractivity contribution >= 4 is 11.8 Å². The van der Waals surface area contributed by atoms with Gasteiger partial charge >= 0.3 is 0 Å². The maximum Gasteiger partial charge on any atom is 0.226 e. The molecule has 3 heterocycles. The van der Waals surface area contributed by atoms with Gasteiger partial charge < -0.3 is 8.94 Å². The number of benzene rings is 1. The van der Waals surface area contributed by atoms with Crippen LogP contribution >= 0.6 is 11.8 Å². The zero-order valence-electron chi connectivity index (χ0n) is 17.6. The number of aryl methyl sites for hydroxylation is 1. The van der Waals surface area contributed by atoms with Crippen LogP contribution in [0.1, 0.15) is 50.7 Å². The van der Waals surface area contributed by atoms with Crippen molar-refractivity contribution in [3.8, 4) is 11.4 Å². The lowest BCUT2D eigenvalue weighted by molar-refractivity contribution is 0.378. The third-order valence-electron chi connectivity index (χ3n) is 4.76. The molecule has 30 heavy (non-hydrogen) atoms. The quantitative estimate of drug-likeness (QED) is 0.381. The molecule has 0 radical (unpaired) electrons. The molecule has 0 aliphatic heterocycles. The Balaban J connectivity index is 1.63. The number of thioether (sulfide) groups is 1. The van der Waals surface area contributed by atoms with Crippen LogP contribution in [0.5, 0.6) is 0 Å².